The number of nitrogens with one attached hydrogen (secondary N) is 1. The van der Waals surface area contributed by atoms with Crippen molar-refractivity contribution in [1.29, 1.82) is 0 Å². The second-order valence-corrected chi connectivity index (χ2v) is 4.23. The number of benzene rings is 1. The molecular formula is C13H19N3O. The number of carbonyl (C=O) groups excluding carboxylic acids is 1. The van der Waals surface area contributed by atoms with Gasteiger partial charge in [0.15, 0.2) is 0 Å². The topological polar surface area (TPSA) is 35.6 Å². The summed E-state index contributed by atoms with van der Waals surface area (Å²) in [5, 5.41) is 2.69. The Labute approximate surface area is 102 Å². The van der Waals surface area contributed by atoms with Gasteiger partial charge in [-0.3, -0.25) is 4.79 Å². The normalized spacial score (nSPS) is 16.9. The first-order valence-corrected chi connectivity index (χ1v) is 6.11. The van der Waals surface area contributed by atoms with Crippen molar-refractivity contribution in [3.8, 4) is 0 Å². The molecular weight excluding hydrogens is 214 g/mol. The van der Waals surface area contributed by atoms with Gasteiger partial charge in [-0.25, -0.2) is 0 Å². The van der Waals surface area contributed by atoms with Gasteiger partial charge >= 0.3 is 0 Å². The number of amides is 1. The smallest absolute Gasteiger partial charge is 0.211 e. The van der Waals surface area contributed by atoms with E-state index in [2.05, 4.69) is 28.1 Å². The van der Waals surface area contributed by atoms with Crippen LogP contribution in [-0.2, 0) is 4.79 Å². The van der Waals surface area contributed by atoms with Gasteiger partial charge in [0.25, 0.3) is 0 Å². The molecule has 1 aromatic rings. The lowest BCUT2D eigenvalue weighted by Gasteiger charge is -2.35. The summed E-state index contributed by atoms with van der Waals surface area (Å²) in [7, 11) is 0. The van der Waals surface area contributed by atoms with Gasteiger partial charge in [-0.05, 0) is 24.7 Å². The highest BCUT2D eigenvalue weighted by atomic mass is 16.1. The molecule has 0 radical (unpaired) electrons. The van der Waals surface area contributed by atoms with Crippen LogP contribution in [0.5, 0.6) is 0 Å². The SMILES string of the molecule is CCN1CCN(c2cccc(NC=O)c2)CC1. The molecule has 0 bridgehead atoms. The summed E-state index contributed by atoms with van der Waals surface area (Å²) in [4.78, 5) is 15.2. The Morgan fingerprint density at radius 2 is 2.06 bits per heavy atom. The molecule has 0 unspecified atom stereocenters. The Kier molecular flexibility index (Phi) is 3.98. The lowest BCUT2D eigenvalue weighted by atomic mass is 10.2. The zero-order valence-corrected chi connectivity index (χ0v) is 10.2. The number of carbonyl (C=O) groups is 1. The highest BCUT2D eigenvalue weighted by Gasteiger charge is 2.15. The molecule has 1 aliphatic rings. The predicted octanol–water partition coefficient (Wildman–Crippen LogP) is 1.40. The van der Waals surface area contributed by atoms with E-state index in [1.807, 2.05) is 18.2 Å². The van der Waals surface area contributed by atoms with Crippen LogP contribution < -0.4 is 10.2 Å². The van der Waals surface area contributed by atoms with Crippen LogP contribution in [-0.4, -0.2) is 44.0 Å². The van der Waals surface area contributed by atoms with Crippen LogP contribution in [0.3, 0.4) is 0 Å². The fourth-order valence-electron chi connectivity index (χ4n) is 2.18. The average molecular weight is 233 g/mol. The quantitative estimate of drug-likeness (QED) is 0.798. The Bertz CT molecular complexity index is 373. The van der Waals surface area contributed by atoms with E-state index in [9.17, 15) is 4.79 Å². The first-order valence-electron chi connectivity index (χ1n) is 6.11. The third-order valence-corrected chi connectivity index (χ3v) is 3.26. The van der Waals surface area contributed by atoms with Crippen LogP contribution in [0.15, 0.2) is 24.3 Å². The number of hydrogen-bond donors (Lipinski definition) is 1. The van der Waals surface area contributed by atoms with E-state index in [1.54, 1.807) is 0 Å². The molecule has 0 aliphatic carbocycles. The number of likely N-dealkylation sites (N-methyl/N-ethyl adjacent to an activating group) is 1. The molecule has 92 valence electrons. The molecule has 1 fully saturated rings. The summed E-state index contributed by atoms with van der Waals surface area (Å²) < 4.78 is 0. The molecule has 0 saturated carbocycles. The third-order valence-electron chi connectivity index (χ3n) is 3.26. The summed E-state index contributed by atoms with van der Waals surface area (Å²) in [6.45, 7) is 7.66. The molecule has 0 atom stereocenters. The van der Waals surface area contributed by atoms with Crippen LogP contribution >= 0.6 is 0 Å². The Morgan fingerprint density at radius 1 is 1.29 bits per heavy atom. The van der Waals surface area contributed by atoms with Gasteiger partial charge in [-0.15, -0.1) is 0 Å². The van der Waals surface area contributed by atoms with Crippen molar-refractivity contribution in [2.45, 2.75) is 6.92 Å². The van der Waals surface area contributed by atoms with Crippen molar-refractivity contribution in [3.63, 3.8) is 0 Å². The molecule has 1 N–H and O–H groups in total. The van der Waals surface area contributed by atoms with Gasteiger partial charge < -0.3 is 15.1 Å². The Balaban J connectivity index is 2.02. The van der Waals surface area contributed by atoms with E-state index in [1.165, 1.54) is 5.69 Å². The maximum atomic E-state index is 10.4. The van der Waals surface area contributed by atoms with Gasteiger partial charge in [0.05, 0.1) is 0 Å². The zero-order chi connectivity index (χ0) is 12.1. The number of nitrogens with zero attached hydrogens (tertiary/aromatic N) is 2. The van der Waals surface area contributed by atoms with Crippen molar-refractivity contribution >= 4 is 17.8 Å². The van der Waals surface area contributed by atoms with Crippen LogP contribution in [0.25, 0.3) is 0 Å². The van der Waals surface area contributed by atoms with Gasteiger partial charge in [-0.2, -0.15) is 0 Å². The monoisotopic (exact) mass is 233 g/mol. The molecule has 17 heavy (non-hydrogen) atoms. The zero-order valence-electron chi connectivity index (χ0n) is 10.2. The lowest BCUT2D eigenvalue weighted by Crippen LogP contribution is -2.46. The van der Waals surface area contributed by atoms with Crippen LogP contribution in [0.4, 0.5) is 11.4 Å². The van der Waals surface area contributed by atoms with Gasteiger partial charge in [0.2, 0.25) is 6.41 Å². The molecule has 0 spiro atoms. The van der Waals surface area contributed by atoms with Crippen LogP contribution in [0.1, 0.15) is 6.92 Å². The van der Waals surface area contributed by atoms with E-state index in [0.717, 1.165) is 38.4 Å². The Morgan fingerprint density at radius 3 is 2.71 bits per heavy atom. The highest BCUT2D eigenvalue weighted by molar-refractivity contribution is 5.73. The molecule has 1 amide bonds. The molecule has 2 rings (SSSR count). The van der Waals surface area contributed by atoms with Crippen LogP contribution in [0, 0.1) is 0 Å². The second kappa shape index (κ2) is 5.68. The van der Waals surface area contributed by atoms with Gasteiger partial charge in [-0.1, -0.05) is 13.0 Å². The largest absolute Gasteiger partial charge is 0.369 e. The summed E-state index contributed by atoms with van der Waals surface area (Å²) in [5.74, 6) is 0. The fraction of sp³-hybridized carbons (Fsp3) is 0.462. The van der Waals surface area contributed by atoms with Crippen LogP contribution in [0.2, 0.25) is 0 Å². The number of hydrogen-bond acceptors (Lipinski definition) is 3. The second-order valence-electron chi connectivity index (χ2n) is 4.23. The molecule has 4 nitrogen and oxygen atoms in total. The van der Waals surface area contributed by atoms with Crippen molar-refractivity contribution < 1.29 is 4.79 Å². The summed E-state index contributed by atoms with van der Waals surface area (Å²) >= 11 is 0. The minimum Gasteiger partial charge on any atom is -0.369 e. The summed E-state index contributed by atoms with van der Waals surface area (Å²) in [5.41, 5.74) is 2.04. The summed E-state index contributed by atoms with van der Waals surface area (Å²) in [6, 6.07) is 8.00. The van der Waals surface area contributed by atoms with Crippen molar-refractivity contribution in [1.82, 2.24) is 4.90 Å². The average Bonchev–Trinajstić information content (AvgIpc) is 2.40. The molecule has 1 heterocycles. The maximum absolute atomic E-state index is 10.4. The van der Waals surface area contributed by atoms with Crippen molar-refractivity contribution in [2.24, 2.45) is 0 Å². The Hall–Kier alpha value is -1.55. The van der Waals surface area contributed by atoms with Crippen molar-refractivity contribution in [2.75, 3.05) is 42.9 Å². The maximum Gasteiger partial charge on any atom is 0.211 e. The first-order chi connectivity index (χ1) is 8.33. The van der Waals surface area contributed by atoms with Gasteiger partial charge in [0.1, 0.15) is 0 Å². The molecule has 1 aliphatic heterocycles. The molecule has 4 heteroatoms. The minimum absolute atomic E-state index is 0.716. The number of piperazine rings is 1. The number of rotatable bonds is 4. The van der Waals surface area contributed by atoms with E-state index < -0.39 is 0 Å². The van der Waals surface area contributed by atoms with E-state index in [4.69, 9.17) is 0 Å². The van der Waals surface area contributed by atoms with E-state index in [0.29, 0.717) is 6.41 Å². The molecule has 0 aromatic heterocycles. The number of anilines is 2. The fourth-order valence-corrected chi connectivity index (χ4v) is 2.18. The van der Waals surface area contributed by atoms with E-state index in [-0.39, 0.29) is 0 Å². The van der Waals surface area contributed by atoms with Gasteiger partial charge in [0, 0.05) is 37.6 Å². The molecule has 1 saturated heterocycles. The highest BCUT2D eigenvalue weighted by Crippen LogP contribution is 2.20. The summed E-state index contributed by atoms with van der Waals surface area (Å²) in [6.07, 6.45) is 0.716. The third kappa shape index (κ3) is 2.97. The van der Waals surface area contributed by atoms with E-state index >= 15 is 0 Å². The first kappa shape index (κ1) is 11.9. The predicted molar refractivity (Wildman–Crippen MR) is 70.5 cm³/mol. The molecule has 1 aromatic carbocycles. The standard InChI is InChI=1S/C13H19N3O/c1-2-15-6-8-16(9-7-15)13-5-3-4-12(10-13)14-11-17/h3-5,10-11H,2,6-9H2,1H3,(H,14,17). The minimum atomic E-state index is 0.716. The lowest BCUT2D eigenvalue weighted by molar-refractivity contribution is -0.105. The van der Waals surface area contributed by atoms with Crippen molar-refractivity contribution in [3.05, 3.63) is 24.3 Å².